The molecule has 2 aromatic carbocycles. The summed E-state index contributed by atoms with van der Waals surface area (Å²) < 4.78 is 0. The minimum atomic E-state index is 0.681. The molecule has 1 aliphatic heterocycles. The number of rotatable bonds is 4. The van der Waals surface area contributed by atoms with Gasteiger partial charge in [-0.2, -0.15) is 4.98 Å². The number of aryl methyl sites for hydroxylation is 2. The van der Waals surface area contributed by atoms with Gasteiger partial charge in [0.1, 0.15) is 5.82 Å². The van der Waals surface area contributed by atoms with Crippen LogP contribution in [0.1, 0.15) is 34.9 Å². The van der Waals surface area contributed by atoms with Crippen LogP contribution in [-0.2, 0) is 19.4 Å². The molecule has 0 amide bonds. The third-order valence-corrected chi connectivity index (χ3v) is 5.38. The Hall–Kier alpha value is -2.88. The molecule has 4 heteroatoms. The average molecular weight is 358 g/mol. The number of para-hydroxylation sites is 1. The molecule has 0 bridgehead atoms. The van der Waals surface area contributed by atoms with Crippen LogP contribution in [0.25, 0.3) is 0 Å². The van der Waals surface area contributed by atoms with Gasteiger partial charge in [-0.15, -0.1) is 0 Å². The number of hydrogen-bond acceptors (Lipinski definition) is 4. The van der Waals surface area contributed by atoms with Crippen LogP contribution in [0.4, 0.5) is 17.5 Å². The van der Waals surface area contributed by atoms with E-state index in [4.69, 9.17) is 9.97 Å². The number of benzene rings is 2. The lowest BCUT2D eigenvalue weighted by Gasteiger charge is -2.31. The van der Waals surface area contributed by atoms with Crippen molar-refractivity contribution in [2.45, 2.75) is 40.2 Å². The molecule has 1 aliphatic rings. The number of anilines is 3. The van der Waals surface area contributed by atoms with Crippen molar-refractivity contribution in [2.75, 3.05) is 16.8 Å². The summed E-state index contributed by atoms with van der Waals surface area (Å²) in [6.45, 7) is 8.29. The molecule has 1 aromatic heterocycles. The van der Waals surface area contributed by atoms with Gasteiger partial charge < -0.3 is 10.2 Å². The first kappa shape index (κ1) is 17.5. The average Bonchev–Trinajstić information content (AvgIpc) is 2.70. The van der Waals surface area contributed by atoms with Gasteiger partial charge in [0.2, 0.25) is 5.95 Å². The van der Waals surface area contributed by atoms with Gasteiger partial charge in [0, 0.05) is 24.3 Å². The predicted molar refractivity (Wildman–Crippen MR) is 112 cm³/mol. The molecule has 0 unspecified atom stereocenters. The Bertz CT molecular complexity index is 964. The number of nitrogens with one attached hydrogen (secondary N) is 1. The van der Waals surface area contributed by atoms with Crippen LogP contribution in [-0.4, -0.2) is 16.5 Å². The van der Waals surface area contributed by atoms with E-state index in [0.29, 0.717) is 5.95 Å². The summed E-state index contributed by atoms with van der Waals surface area (Å²) in [4.78, 5) is 12.1. The van der Waals surface area contributed by atoms with E-state index in [-0.39, 0.29) is 0 Å². The second-order valence-corrected chi connectivity index (χ2v) is 7.18. The molecule has 0 radical (unpaired) electrons. The topological polar surface area (TPSA) is 41.1 Å². The molecule has 4 rings (SSSR count). The molecular weight excluding hydrogens is 332 g/mol. The molecule has 0 saturated carbocycles. The molecule has 2 heterocycles. The van der Waals surface area contributed by atoms with Gasteiger partial charge in [-0.25, -0.2) is 4.98 Å². The summed E-state index contributed by atoms with van der Waals surface area (Å²) in [6.07, 6.45) is 1.95. The number of fused-ring (bicyclic) bond motifs is 1. The number of hydrogen-bond donors (Lipinski definition) is 1. The van der Waals surface area contributed by atoms with Gasteiger partial charge in [-0.05, 0) is 49.4 Å². The van der Waals surface area contributed by atoms with Crippen molar-refractivity contribution in [3.05, 3.63) is 76.5 Å². The van der Waals surface area contributed by atoms with E-state index < -0.39 is 0 Å². The first-order valence-electron chi connectivity index (χ1n) is 9.67. The molecule has 3 aromatic rings. The van der Waals surface area contributed by atoms with Crippen molar-refractivity contribution in [3.63, 3.8) is 0 Å². The molecule has 27 heavy (non-hydrogen) atoms. The summed E-state index contributed by atoms with van der Waals surface area (Å²) >= 11 is 0. The van der Waals surface area contributed by atoms with Crippen molar-refractivity contribution >= 4 is 17.5 Å². The highest BCUT2D eigenvalue weighted by Gasteiger charge is 2.21. The first-order chi connectivity index (χ1) is 13.2. The fourth-order valence-corrected chi connectivity index (χ4v) is 3.77. The summed E-state index contributed by atoms with van der Waals surface area (Å²) in [6, 6.07) is 17.0. The SMILES string of the molecule is CCc1nc(Nc2ccccc2C)nc(N2CCc3ccccc3C2)c1C. The van der Waals surface area contributed by atoms with Gasteiger partial charge in [-0.3, -0.25) is 0 Å². The van der Waals surface area contributed by atoms with Crippen LogP contribution >= 0.6 is 0 Å². The smallest absolute Gasteiger partial charge is 0.229 e. The Labute approximate surface area is 161 Å². The van der Waals surface area contributed by atoms with Gasteiger partial charge >= 0.3 is 0 Å². The largest absolute Gasteiger partial charge is 0.352 e. The number of aromatic nitrogens is 2. The molecule has 0 atom stereocenters. The first-order valence-corrected chi connectivity index (χ1v) is 9.67. The van der Waals surface area contributed by atoms with Gasteiger partial charge in [-0.1, -0.05) is 49.4 Å². The van der Waals surface area contributed by atoms with E-state index in [1.807, 2.05) is 12.1 Å². The van der Waals surface area contributed by atoms with Gasteiger partial charge in [0.15, 0.2) is 0 Å². The summed E-state index contributed by atoms with van der Waals surface area (Å²) in [5, 5.41) is 3.42. The maximum absolute atomic E-state index is 4.92. The van der Waals surface area contributed by atoms with E-state index in [2.05, 4.69) is 67.4 Å². The fourth-order valence-electron chi connectivity index (χ4n) is 3.77. The molecular formula is C23H26N4. The number of nitrogens with zero attached hydrogens (tertiary/aromatic N) is 3. The molecule has 4 nitrogen and oxygen atoms in total. The van der Waals surface area contributed by atoms with Crippen LogP contribution in [0.2, 0.25) is 0 Å². The van der Waals surface area contributed by atoms with Crippen molar-refractivity contribution in [3.8, 4) is 0 Å². The molecule has 0 spiro atoms. The molecule has 138 valence electrons. The minimum Gasteiger partial charge on any atom is -0.352 e. The maximum atomic E-state index is 4.92. The molecule has 0 fully saturated rings. The molecule has 1 N–H and O–H groups in total. The lowest BCUT2D eigenvalue weighted by molar-refractivity contribution is 0.714. The van der Waals surface area contributed by atoms with E-state index in [1.165, 1.54) is 22.3 Å². The van der Waals surface area contributed by atoms with Crippen LogP contribution in [0.3, 0.4) is 0 Å². The Kier molecular flexibility index (Phi) is 4.80. The molecule has 0 aliphatic carbocycles. The zero-order valence-electron chi connectivity index (χ0n) is 16.3. The standard InChI is InChI=1S/C23H26N4/c1-4-20-17(3)22(27-14-13-18-10-6-7-11-19(18)15-27)26-23(24-20)25-21-12-8-5-9-16(21)2/h5-12H,4,13-15H2,1-3H3,(H,24,25,26). The summed E-state index contributed by atoms with van der Waals surface area (Å²) in [5.74, 6) is 1.73. The Balaban J connectivity index is 1.69. The van der Waals surface area contributed by atoms with Crippen LogP contribution in [0.5, 0.6) is 0 Å². The summed E-state index contributed by atoms with van der Waals surface area (Å²) in [5.41, 5.74) is 7.39. The second-order valence-electron chi connectivity index (χ2n) is 7.18. The van der Waals surface area contributed by atoms with Gasteiger partial charge in [0.25, 0.3) is 0 Å². The highest BCUT2D eigenvalue weighted by molar-refractivity contribution is 5.61. The predicted octanol–water partition coefficient (Wildman–Crippen LogP) is 4.96. The quantitative estimate of drug-likeness (QED) is 0.715. The lowest BCUT2D eigenvalue weighted by atomic mass is 9.99. The van der Waals surface area contributed by atoms with E-state index in [9.17, 15) is 0 Å². The summed E-state index contributed by atoms with van der Waals surface area (Å²) in [7, 11) is 0. The fraction of sp³-hybridized carbons (Fsp3) is 0.304. The normalized spacial score (nSPS) is 13.4. The molecule has 0 saturated heterocycles. The highest BCUT2D eigenvalue weighted by atomic mass is 15.2. The second kappa shape index (κ2) is 7.39. The van der Waals surface area contributed by atoms with E-state index >= 15 is 0 Å². The Morgan fingerprint density at radius 3 is 2.48 bits per heavy atom. The third-order valence-electron chi connectivity index (χ3n) is 5.38. The Morgan fingerprint density at radius 2 is 1.70 bits per heavy atom. The van der Waals surface area contributed by atoms with Crippen LogP contribution in [0.15, 0.2) is 48.5 Å². The van der Waals surface area contributed by atoms with Crippen LogP contribution < -0.4 is 10.2 Å². The zero-order chi connectivity index (χ0) is 18.8. The highest BCUT2D eigenvalue weighted by Crippen LogP contribution is 2.29. The minimum absolute atomic E-state index is 0.681. The lowest BCUT2D eigenvalue weighted by Crippen LogP contribution is -2.32. The van der Waals surface area contributed by atoms with Crippen molar-refractivity contribution in [1.82, 2.24) is 9.97 Å². The van der Waals surface area contributed by atoms with Crippen molar-refractivity contribution in [1.29, 1.82) is 0 Å². The Morgan fingerprint density at radius 1 is 0.963 bits per heavy atom. The van der Waals surface area contributed by atoms with Crippen molar-refractivity contribution < 1.29 is 0 Å². The van der Waals surface area contributed by atoms with Gasteiger partial charge in [0.05, 0.1) is 5.69 Å². The zero-order valence-corrected chi connectivity index (χ0v) is 16.3. The van der Waals surface area contributed by atoms with E-state index in [1.54, 1.807) is 0 Å². The maximum Gasteiger partial charge on any atom is 0.229 e. The van der Waals surface area contributed by atoms with E-state index in [0.717, 1.165) is 43.1 Å². The third kappa shape index (κ3) is 3.52. The monoisotopic (exact) mass is 358 g/mol. The van der Waals surface area contributed by atoms with Crippen LogP contribution in [0, 0.1) is 13.8 Å². The van der Waals surface area contributed by atoms with Crippen molar-refractivity contribution in [2.24, 2.45) is 0 Å².